The van der Waals surface area contributed by atoms with Crippen molar-refractivity contribution in [2.45, 2.75) is 32.4 Å². The summed E-state index contributed by atoms with van der Waals surface area (Å²) >= 11 is 0. The van der Waals surface area contributed by atoms with Gasteiger partial charge in [0.15, 0.2) is 5.75 Å². The molecule has 3 aromatic rings. The number of nitrogens with zero attached hydrogens (tertiary/aromatic N) is 3. The van der Waals surface area contributed by atoms with Crippen LogP contribution in [0, 0.1) is 0 Å². The zero-order valence-corrected chi connectivity index (χ0v) is 15.2. The van der Waals surface area contributed by atoms with E-state index in [-0.39, 0.29) is 22.5 Å². The number of phenolic OH excluding ortho intramolecular Hbond substituents is 1. The molecule has 7 nitrogen and oxygen atoms in total. The molecule has 0 fully saturated rings. The molecule has 11 heteroatoms. The number of aromatic nitrogens is 3. The number of fused-ring (bicyclic) bond motifs is 1. The Bertz CT molecular complexity index is 1030. The van der Waals surface area contributed by atoms with Crippen molar-refractivity contribution < 1.29 is 33.0 Å². The Morgan fingerprint density at radius 3 is 2.18 bits per heavy atom. The van der Waals surface area contributed by atoms with Crippen LogP contribution in [-0.2, 0) is 11.6 Å². The van der Waals surface area contributed by atoms with Crippen molar-refractivity contribution in [3.05, 3.63) is 41.5 Å². The lowest BCUT2D eigenvalue weighted by Crippen LogP contribution is -2.22. The van der Waals surface area contributed by atoms with Gasteiger partial charge >= 0.3 is 13.5 Å². The molecule has 0 atom stereocenters. The largest absolute Gasteiger partial charge is 0.707 e. The van der Waals surface area contributed by atoms with Gasteiger partial charge in [0.1, 0.15) is 22.5 Å². The van der Waals surface area contributed by atoms with E-state index in [1.54, 1.807) is 6.07 Å². The standard InChI is InChI=1S/C17H17BF3N3O4/c1-16(2,3)10-7-13(15(25)14(8-10)28-18(26)27)24-22-11-5-4-9(17(19,20)21)6-12(11)23-24/h4-8,25-27H,1-3H3. The Morgan fingerprint density at radius 2 is 1.61 bits per heavy atom. The first-order valence-corrected chi connectivity index (χ1v) is 8.21. The van der Waals surface area contributed by atoms with Gasteiger partial charge in [-0.05, 0) is 41.3 Å². The van der Waals surface area contributed by atoms with Crippen LogP contribution in [0.1, 0.15) is 31.9 Å². The summed E-state index contributed by atoms with van der Waals surface area (Å²) in [4.78, 5) is 0.978. The van der Waals surface area contributed by atoms with Gasteiger partial charge in [0.25, 0.3) is 0 Å². The van der Waals surface area contributed by atoms with Gasteiger partial charge in [-0.2, -0.15) is 13.2 Å². The van der Waals surface area contributed by atoms with Crippen LogP contribution in [0.4, 0.5) is 13.2 Å². The number of alkyl halides is 3. The van der Waals surface area contributed by atoms with Crippen molar-refractivity contribution in [3.63, 3.8) is 0 Å². The third-order valence-corrected chi connectivity index (χ3v) is 4.08. The highest BCUT2D eigenvalue weighted by Gasteiger charge is 2.31. The molecule has 2 aromatic carbocycles. The van der Waals surface area contributed by atoms with Crippen LogP contribution in [0.5, 0.6) is 11.5 Å². The van der Waals surface area contributed by atoms with E-state index in [4.69, 9.17) is 14.7 Å². The summed E-state index contributed by atoms with van der Waals surface area (Å²) in [5, 5.41) is 36.8. The first-order valence-electron chi connectivity index (χ1n) is 8.21. The summed E-state index contributed by atoms with van der Waals surface area (Å²) in [5.74, 6) is -0.716. The Labute approximate surface area is 158 Å². The average molecular weight is 395 g/mol. The molecular formula is C17H17BF3N3O4. The highest BCUT2D eigenvalue weighted by atomic mass is 19.4. The first kappa shape index (κ1) is 20.0. The molecule has 0 bridgehead atoms. The second-order valence-electron chi connectivity index (χ2n) is 7.23. The Hall–Kier alpha value is -2.79. The predicted octanol–water partition coefficient (Wildman–Crippen LogP) is 2.79. The fourth-order valence-corrected chi connectivity index (χ4v) is 2.58. The maximum absolute atomic E-state index is 12.9. The predicted molar refractivity (Wildman–Crippen MR) is 95.1 cm³/mol. The van der Waals surface area contributed by atoms with Crippen LogP contribution in [0.3, 0.4) is 0 Å². The van der Waals surface area contributed by atoms with Crippen molar-refractivity contribution >= 4 is 18.4 Å². The molecule has 1 aromatic heterocycles. The van der Waals surface area contributed by atoms with Gasteiger partial charge in [-0.25, -0.2) is 0 Å². The van der Waals surface area contributed by atoms with E-state index >= 15 is 0 Å². The molecule has 1 heterocycles. The fourth-order valence-electron chi connectivity index (χ4n) is 2.58. The number of aromatic hydroxyl groups is 1. The zero-order chi connectivity index (χ0) is 20.9. The number of halogens is 3. The highest BCUT2D eigenvalue weighted by Crippen LogP contribution is 2.38. The minimum atomic E-state index is -4.52. The molecule has 0 radical (unpaired) electrons. The minimum Gasteiger partial charge on any atom is -0.509 e. The van der Waals surface area contributed by atoms with Crippen molar-refractivity contribution in [2.75, 3.05) is 0 Å². The summed E-state index contributed by atoms with van der Waals surface area (Å²) < 4.78 is 43.6. The summed E-state index contributed by atoms with van der Waals surface area (Å²) in [7, 11) is -2.17. The van der Waals surface area contributed by atoms with Crippen LogP contribution in [-0.4, -0.2) is 37.5 Å². The molecule has 0 spiro atoms. The van der Waals surface area contributed by atoms with Crippen LogP contribution < -0.4 is 4.65 Å². The van der Waals surface area contributed by atoms with E-state index in [2.05, 4.69) is 10.2 Å². The quantitative estimate of drug-likeness (QED) is 0.590. The van der Waals surface area contributed by atoms with E-state index in [1.807, 2.05) is 20.8 Å². The molecule has 3 rings (SSSR count). The van der Waals surface area contributed by atoms with Crippen LogP contribution >= 0.6 is 0 Å². The molecule has 0 aliphatic heterocycles. The molecule has 0 saturated heterocycles. The number of rotatable bonds is 3. The van der Waals surface area contributed by atoms with Crippen molar-refractivity contribution in [1.82, 2.24) is 15.0 Å². The van der Waals surface area contributed by atoms with E-state index in [0.29, 0.717) is 5.56 Å². The third kappa shape index (κ3) is 3.90. The molecular weight excluding hydrogens is 378 g/mol. The molecule has 0 aliphatic rings. The first-order chi connectivity index (χ1) is 12.9. The molecule has 0 saturated carbocycles. The number of phenols is 1. The van der Waals surface area contributed by atoms with Gasteiger partial charge in [-0.15, -0.1) is 15.0 Å². The summed E-state index contributed by atoms with van der Waals surface area (Å²) in [6.07, 6.45) is -4.52. The lowest BCUT2D eigenvalue weighted by atomic mass is 9.86. The zero-order valence-electron chi connectivity index (χ0n) is 15.2. The van der Waals surface area contributed by atoms with E-state index in [9.17, 15) is 18.3 Å². The lowest BCUT2D eigenvalue weighted by Gasteiger charge is -2.22. The fraction of sp³-hybridized carbons (Fsp3) is 0.294. The maximum atomic E-state index is 12.9. The van der Waals surface area contributed by atoms with Crippen molar-refractivity contribution in [1.29, 1.82) is 0 Å². The van der Waals surface area contributed by atoms with Gasteiger partial charge < -0.3 is 19.8 Å². The smallest absolute Gasteiger partial charge is 0.509 e. The molecule has 0 unspecified atom stereocenters. The Kier molecular flexibility index (Phi) is 4.76. The van der Waals surface area contributed by atoms with E-state index < -0.39 is 30.2 Å². The number of hydrogen-bond acceptors (Lipinski definition) is 6. The third-order valence-electron chi connectivity index (χ3n) is 4.08. The van der Waals surface area contributed by atoms with Gasteiger partial charge in [-0.3, -0.25) is 0 Å². The lowest BCUT2D eigenvalue weighted by molar-refractivity contribution is -0.137. The monoisotopic (exact) mass is 395 g/mol. The normalized spacial score (nSPS) is 12.4. The number of benzene rings is 2. The van der Waals surface area contributed by atoms with Crippen molar-refractivity contribution in [2.24, 2.45) is 0 Å². The highest BCUT2D eigenvalue weighted by molar-refractivity contribution is 6.33. The van der Waals surface area contributed by atoms with Crippen LogP contribution in [0.15, 0.2) is 30.3 Å². The molecule has 148 valence electrons. The molecule has 3 N–H and O–H groups in total. The van der Waals surface area contributed by atoms with Gasteiger partial charge in [0, 0.05) is 0 Å². The van der Waals surface area contributed by atoms with Crippen LogP contribution in [0.2, 0.25) is 0 Å². The van der Waals surface area contributed by atoms with Gasteiger partial charge in [-0.1, -0.05) is 20.8 Å². The van der Waals surface area contributed by atoms with E-state index in [0.717, 1.165) is 16.9 Å². The summed E-state index contributed by atoms with van der Waals surface area (Å²) in [6, 6.07) is 5.92. The summed E-state index contributed by atoms with van der Waals surface area (Å²) in [5.41, 5.74) is -0.441. The average Bonchev–Trinajstić information content (AvgIpc) is 2.97. The second-order valence-corrected chi connectivity index (χ2v) is 7.23. The number of hydrogen-bond donors (Lipinski definition) is 3. The maximum Gasteiger partial charge on any atom is 0.707 e. The Morgan fingerprint density at radius 1 is 0.964 bits per heavy atom. The van der Waals surface area contributed by atoms with Crippen LogP contribution in [0.25, 0.3) is 16.7 Å². The molecule has 28 heavy (non-hydrogen) atoms. The SMILES string of the molecule is CC(C)(C)c1cc(OB(O)O)c(O)c(-n2nc3ccc(C(F)(F)F)cc3n2)c1. The topological polar surface area (TPSA) is 101 Å². The second kappa shape index (κ2) is 6.68. The molecule has 0 amide bonds. The Balaban J connectivity index is 2.19. The van der Waals surface area contributed by atoms with Crippen molar-refractivity contribution in [3.8, 4) is 17.2 Å². The minimum absolute atomic E-state index is 0.0138. The summed E-state index contributed by atoms with van der Waals surface area (Å²) in [6.45, 7) is 5.64. The van der Waals surface area contributed by atoms with E-state index in [1.165, 1.54) is 12.1 Å². The molecule has 0 aliphatic carbocycles. The van der Waals surface area contributed by atoms with Gasteiger partial charge in [0.05, 0.1) is 5.56 Å². The van der Waals surface area contributed by atoms with Gasteiger partial charge in [0.2, 0.25) is 0 Å².